The summed E-state index contributed by atoms with van der Waals surface area (Å²) in [7, 11) is -3.66. The van der Waals surface area contributed by atoms with E-state index in [-0.39, 0.29) is 30.4 Å². The highest BCUT2D eigenvalue weighted by molar-refractivity contribution is 7.89. The van der Waals surface area contributed by atoms with Crippen molar-refractivity contribution in [3.8, 4) is 0 Å². The lowest BCUT2D eigenvalue weighted by molar-refractivity contribution is 0.104. The Morgan fingerprint density at radius 2 is 1.81 bits per heavy atom. The predicted octanol–water partition coefficient (Wildman–Crippen LogP) is 3.53. The van der Waals surface area contributed by atoms with Crippen molar-refractivity contribution < 1.29 is 26.8 Å². The van der Waals surface area contributed by atoms with Crippen LogP contribution in [0.3, 0.4) is 0 Å². The Hall–Kier alpha value is -3.17. The number of nitrogens with zero attached hydrogens (tertiary/aromatic N) is 2. The molecule has 31 heavy (non-hydrogen) atoms. The minimum atomic E-state index is -3.66. The highest BCUT2D eigenvalue weighted by Crippen LogP contribution is 2.31. The molecular weight excluding hydrogens is 423 g/mol. The Labute approximate surface area is 178 Å². The molecule has 7 nitrogen and oxygen atoms in total. The first-order valence-corrected chi connectivity index (χ1v) is 11.2. The van der Waals surface area contributed by atoms with Gasteiger partial charge in [-0.15, -0.1) is 0 Å². The molecule has 0 fully saturated rings. The quantitative estimate of drug-likeness (QED) is 0.578. The molecule has 1 amide bonds. The lowest BCUT2D eigenvalue weighted by atomic mass is 10.2. The molecule has 160 valence electrons. The smallest absolute Gasteiger partial charge is 0.410 e. The predicted molar refractivity (Wildman–Crippen MR) is 110 cm³/mol. The summed E-state index contributed by atoms with van der Waals surface area (Å²) in [6.45, 7) is 1.12. The van der Waals surface area contributed by atoms with Gasteiger partial charge in [0, 0.05) is 31.6 Å². The van der Waals surface area contributed by atoms with Crippen LogP contribution in [0.25, 0.3) is 11.0 Å². The number of ether oxygens (including phenoxy) is 1. The standard InChI is InChI=1S/C22H19FN2O5S/c23-19-3-1-2-15(8-19)14-30-22(26)24-10-17-12-25(13-18(17)11-24)31(27,28)20-4-5-21-16(9-20)6-7-29-21/h1-9H,10-14H2. The van der Waals surface area contributed by atoms with Crippen molar-refractivity contribution in [1.82, 2.24) is 9.21 Å². The van der Waals surface area contributed by atoms with Gasteiger partial charge in [0.05, 0.1) is 11.2 Å². The largest absolute Gasteiger partial charge is 0.464 e. The lowest BCUT2D eigenvalue weighted by Crippen LogP contribution is -2.36. The summed E-state index contributed by atoms with van der Waals surface area (Å²) < 4.78 is 51.4. The summed E-state index contributed by atoms with van der Waals surface area (Å²) in [6, 6.07) is 12.4. The molecule has 3 aromatic rings. The first-order valence-electron chi connectivity index (χ1n) is 9.73. The van der Waals surface area contributed by atoms with Crippen molar-refractivity contribution in [3.63, 3.8) is 0 Å². The molecule has 0 aliphatic carbocycles. The van der Waals surface area contributed by atoms with Crippen molar-refractivity contribution in [2.24, 2.45) is 0 Å². The van der Waals surface area contributed by atoms with Crippen LogP contribution in [0.1, 0.15) is 5.56 Å². The van der Waals surface area contributed by atoms with E-state index in [1.165, 1.54) is 27.6 Å². The minimum Gasteiger partial charge on any atom is -0.464 e. The first-order chi connectivity index (χ1) is 14.9. The molecule has 1 aromatic heterocycles. The van der Waals surface area contributed by atoms with Gasteiger partial charge in [-0.25, -0.2) is 17.6 Å². The molecule has 5 rings (SSSR count). The maximum atomic E-state index is 13.2. The lowest BCUT2D eigenvalue weighted by Gasteiger charge is -2.22. The second-order valence-electron chi connectivity index (χ2n) is 7.64. The van der Waals surface area contributed by atoms with Gasteiger partial charge in [-0.1, -0.05) is 12.1 Å². The first kappa shape index (κ1) is 19.8. The van der Waals surface area contributed by atoms with Gasteiger partial charge in [0.1, 0.15) is 18.0 Å². The molecule has 0 saturated carbocycles. The number of carbonyl (C=O) groups excluding carboxylic acids is 1. The maximum Gasteiger partial charge on any atom is 0.410 e. The number of halogens is 1. The van der Waals surface area contributed by atoms with Crippen molar-refractivity contribution in [2.45, 2.75) is 11.5 Å². The van der Waals surface area contributed by atoms with E-state index in [4.69, 9.17) is 9.15 Å². The molecule has 9 heteroatoms. The van der Waals surface area contributed by atoms with Crippen LogP contribution >= 0.6 is 0 Å². The summed E-state index contributed by atoms with van der Waals surface area (Å²) in [5.74, 6) is -0.386. The number of fused-ring (bicyclic) bond motifs is 1. The van der Waals surface area contributed by atoms with Gasteiger partial charge in [-0.05, 0) is 53.1 Å². The van der Waals surface area contributed by atoms with Crippen LogP contribution in [0.4, 0.5) is 9.18 Å². The van der Waals surface area contributed by atoms with Gasteiger partial charge < -0.3 is 14.1 Å². The van der Waals surface area contributed by atoms with Gasteiger partial charge in [0.15, 0.2) is 0 Å². The number of sulfonamides is 1. The van der Waals surface area contributed by atoms with E-state index < -0.39 is 16.1 Å². The number of furan rings is 1. The summed E-state index contributed by atoms with van der Waals surface area (Å²) in [6.07, 6.45) is 1.02. The highest BCUT2D eigenvalue weighted by Gasteiger charge is 2.38. The molecule has 2 aromatic carbocycles. The average Bonchev–Trinajstić information content (AvgIpc) is 3.46. The summed E-state index contributed by atoms with van der Waals surface area (Å²) >= 11 is 0. The van der Waals surface area contributed by atoms with Gasteiger partial charge >= 0.3 is 6.09 Å². The number of amides is 1. The van der Waals surface area contributed by atoms with Crippen LogP contribution < -0.4 is 0 Å². The molecule has 0 radical (unpaired) electrons. The fourth-order valence-electron chi connectivity index (χ4n) is 3.96. The second kappa shape index (κ2) is 7.51. The summed E-state index contributed by atoms with van der Waals surface area (Å²) in [5, 5.41) is 0.730. The normalized spacial score (nSPS) is 16.9. The van der Waals surface area contributed by atoms with Crippen LogP contribution in [0.5, 0.6) is 0 Å². The molecule has 0 N–H and O–H groups in total. The van der Waals surface area contributed by atoms with E-state index >= 15 is 0 Å². The van der Waals surface area contributed by atoms with Crippen LogP contribution in [0.15, 0.2) is 75.3 Å². The monoisotopic (exact) mass is 442 g/mol. The number of rotatable bonds is 4. The number of benzene rings is 2. The molecule has 0 spiro atoms. The fraction of sp³-hybridized carbons (Fsp3) is 0.227. The number of hydrogen-bond donors (Lipinski definition) is 0. The molecule has 2 aliphatic heterocycles. The fourth-order valence-corrected chi connectivity index (χ4v) is 5.43. The topological polar surface area (TPSA) is 80.1 Å². The zero-order valence-corrected chi connectivity index (χ0v) is 17.3. The van der Waals surface area contributed by atoms with E-state index in [9.17, 15) is 17.6 Å². The maximum absolute atomic E-state index is 13.2. The number of hydrogen-bond acceptors (Lipinski definition) is 5. The Kier molecular flexibility index (Phi) is 4.79. The van der Waals surface area contributed by atoms with Crippen LogP contribution in [-0.4, -0.2) is 49.9 Å². The number of carbonyl (C=O) groups is 1. The van der Waals surface area contributed by atoms with E-state index in [1.54, 1.807) is 36.4 Å². The Morgan fingerprint density at radius 3 is 2.55 bits per heavy atom. The zero-order chi connectivity index (χ0) is 21.6. The summed E-state index contributed by atoms with van der Waals surface area (Å²) in [5.41, 5.74) is 3.03. The van der Waals surface area contributed by atoms with E-state index in [2.05, 4.69) is 0 Å². The molecule has 0 atom stereocenters. The molecule has 0 saturated heterocycles. The van der Waals surface area contributed by atoms with Gasteiger partial charge in [0.25, 0.3) is 0 Å². The van der Waals surface area contributed by atoms with Gasteiger partial charge in [-0.3, -0.25) is 0 Å². The van der Waals surface area contributed by atoms with Crippen molar-refractivity contribution >= 4 is 27.1 Å². The van der Waals surface area contributed by atoms with Crippen molar-refractivity contribution in [2.75, 3.05) is 26.2 Å². The van der Waals surface area contributed by atoms with Crippen molar-refractivity contribution in [3.05, 3.63) is 77.3 Å². The highest BCUT2D eigenvalue weighted by atomic mass is 32.2. The third kappa shape index (κ3) is 3.70. The third-order valence-corrected chi connectivity index (χ3v) is 7.36. The molecule has 3 heterocycles. The van der Waals surface area contributed by atoms with Crippen molar-refractivity contribution in [1.29, 1.82) is 0 Å². The van der Waals surface area contributed by atoms with E-state index in [0.29, 0.717) is 24.2 Å². The SMILES string of the molecule is O=C(OCc1cccc(F)c1)N1CC2=C(C1)CN(S(=O)(=O)c1ccc3occc3c1)C2. The minimum absolute atomic E-state index is 0.0191. The Balaban J connectivity index is 1.21. The van der Waals surface area contributed by atoms with Gasteiger partial charge in [-0.2, -0.15) is 4.31 Å². The van der Waals surface area contributed by atoms with Crippen LogP contribution in [0, 0.1) is 5.82 Å². The molecule has 0 bridgehead atoms. The van der Waals surface area contributed by atoms with E-state index in [1.807, 2.05) is 0 Å². The Bertz CT molecular complexity index is 1300. The van der Waals surface area contributed by atoms with Crippen LogP contribution in [0.2, 0.25) is 0 Å². The molecule has 0 unspecified atom stereocenters. The second-order valence-corrected chi connectivity index (χ2v) is 9.58. The summed E-state index contributed by atoms with van der Waals surface area (Å²) in [4.78, 5) is 14.1. The third-order valence-electron chi connectivity index (χ3n) is 5.57. The average molecular weight is 442 g/mol. The van der Waals surface area contributed by atoms with Crippen LogP contribution in [-0.2, 0) is 21.4 Å². The Morgan fingerprint density at radius 1 is 1.03 bits per heavy atom. The molecule has 2 aliphatic rings. The zero-order valence-electron chi connectivity index (χ0n) is 16.5. The van der Waals surface area contributed by atoms with Gasteiger partial charge in [0.2, 0.25) is 10.0 Å². The van der Waals surface area contributed by atoms with E-state index in [0.717, 1.165) is 16.5 Å². The molecular formula is C22H19FN2O5S.